The minimum Gasteiger partial charge on any atom is -0.378 e. The summed E-state index contributed by atoms with van der Waals surface area (Å²) in [6, 6.07) is 18.5. The molecule has 2 aromatic rings. The van der Waals surface area contributed by atoms with Crippen LogP contribution in [-0.2, 0) is 29.2 Å². The molecule has 26 heavy (non-hydrogen) atoms. The first-order chi connectivity index (χ1) is 12.3. The van der Waals surface area contributed by atoms with Crippen LogP contribution in [0, 0.1) is 0 Å². The van der Waals surface area contributed by atoms with Gasteiger partial charge in [0.15, 0.2) is 5.96 Å². The molecule has 0 amide bonds. The summed E-state index contributed by atoms with van der Waals surface area (Å²) in [5.74, 6) is 0.592. The fourth-order valence-electron chi connectivity index (χ4n) is 2.74. The van der Waals surface area contributed by atoms with Crippen LogP contribution in [0.5, 0.6) is 0 Å². The number of hydrogen-bond donors (Lipinski definition) is 1. The van der Waals surface area contributed by atoms with Crippen molar-refractivity contribution in [2.24, 2.45) is 10.7 Å². The van der Waals surface area contributed by atoms with Gasteiger partial charge < -0.3 is 20.1 Å². The highest BCUT2D eigenvalue weighted by Gasteiger charge is 2.11. The van der Waals surface area contributed by atoms with E-state index in [2.05, 4.69) is 40.2 Å². The van der Waals surface area contributed by atoms with E-state index in [9.17, 15) is 0 Å². The smallest absolute Gasteiger partial charge is 0.191 e. The van der Waals surface area contributed by atoms with Crippen molar-refractivity contribution in [1.29, 1.82) is 0 Å². The molecule has 1 aliphatic heterocycles. The Labute approximate surface area is 172 Å². The minimum absolute atomic E-state index is 0. The first-order valence-electron chi connectivity index (χ1n) is 8.63. The molecule has 0 unspecified atom stereocenters. The predicted molar refractivity (Wildman–Crippen MR) is 115 cm³/mol. The highest BCUT2D eigenvalue weighted by molar-refractivity contribution is 14.0. The summed E-state index contributed by atoms with van der Waals surface area (Å²) < 4.78 is 11.1. The second kappa shape index (κ2) is 11.2. The molecule has 1 fully saturated rings. The van der Waals surface area contributed by atoms with Crippen molar-refractivity contribution in [3.8, 4) is 0 Å². The standard InChI is InChI=1S/C20H25N3O2.HI/c21-20(23-9-11-24-12-10-23)22-14-18-7-4-8-19(13-18)16-25-15-17-5-2-1-3-6-17;/h1-8,13H,9-12,14-16H2,(H2,21,22);1H. The molecule has 3 rings (SSSR count). The topological polar surface area (TPSA) is 60.1 Å². The third-order valence-electron chi connectivity index (χ3n) is 4.13. The zero-order valence-electron chi connectivity index (χ0n) is 14.8. The molecule has 0 radical (unpaired) electrons. The maximum atomic E-state index is 6.07. The molecule has 1 heterocycles. The highest BCUT2D eigenvalue weighted by Crippen LogP contribution is 2.10. The van der Waals surface area contributed by atoms with Crippen LogP contribution in [0.15, 0.2) is 59.6 Å². The monoisotopic (exact) mass is 467 g/mol. The number of benzene rings is 2. The number of nitrogens with zero attached hydrogens (tertiary/aromatic N) is 2. The second-order valence-electron chi connectivity index (χ2n) is 6.07. The quantitative estimate of drug-likeness (QED) is 0.403. The normalized spacial score (nSPS) is 14.8. The van der Waals surface area contributed by atoms with Gasteiger partial charge in [0.25, 0.3) is 0 Å². The summed E-state index contributed by atoms with van der Waals surface area (Å²) in [6.45, 7) is 4.83. The Kier molecular flexibility index (Phi) is 8.87. The van der Waals surface area contributed by atoms with Crippen molar-refractivity contribution in [1.82, 2.24) is 4.90 Å². The van der Waals surface area contributed by atoms with E-state index in [-0.39, 0.29) is 24.0 Å². The molecule has 0 atom stereocenters. The predicted octanol–water partition coefficient (Wildman–Crippen LogP) is 3.17. The molecule has 140 valence electrons. The fraction of sp³-hybridized carbons (Fsp3) is 0.350. The molecule has 1 saturated heterocycles. The third kappa shape index (κ3) is 6.59. The van der Waals surface area contributed by atoms with Crippen LogP contribution in [0.1, 0.15) is 16.7 Å². The van der Waals surface area contributed by atoms with E-state index in [1.807, 2.05) is 24.3 Å². The zero-order chi connectivity index (χ0) is 17.3. The average molecular weight is 467 g/mol. The number of aliphatic imine (C=N–C) groups is 1. The van der Waals surface area contributed by atoms with Gasteiger partial charge in [-0.2, -0.15) is 0 Å². The van der Waals surface area contributed by atoms with Gasteiger partial charge in [-0.05, 0) is 16.7 Å². The minimum atomic E-state index is 0. The molecule has 0 spiro atoms. The Morgan fingerprint density at radius 1 is 0.962 bits per heavy atom. The van der Waals surface area contributed by atoms with Crippen LogP contribution in [-0.4, -0.2) is 37.2 Å². The summed E-state index contributed by atoms with van der Waals surface area (Å²) in [5.41, 5.74) is 9.54. The second-order valence-corrected chi connectivity index (χ2v) is 6.07. The number of hydrogen-bond acceptors (Lipinski definition) is 3. The van der Waals surface area contributed by atoms with Gasteiger partial charge in [-0.3, -0.25) is 0 Å². The Hall–Kier alpha value is -1.64. The molecule has 0 saturated carbocycles. The lowest BCUT2D eigenvalue weighted by Gasteiger charge is -2.27. The van der Waals surface area contributed by atoms with Crippen molar-refractivity contribution >= 4 is 29.9 Å². The van der Waals surface area contributed by atoms with Gasteiger partial charge in [0.2, 0.25) is 0 Å². The molecule has 0 aromatic heterocycles. The summed E-state index contributed by atoms with van der Waals surface area (Å²) in [7, 11) is 0. The first kappa shape index (κ1) is 20.7. The number of guanidine groups is 1. The van der Waals surface area contributed by atoms with Crippen molar-refractivity contribution in [3.05, 3.63) is 71.3 Å². The summed E-state index contributed by atoms with van der Waals surface area (Å²) in [4.78, 5) is 6.58. The highest BCUT2D eigenvalue weighted by atomic mass is 127. The number of rotatable bonds is 6. The molecular formula is C20H26IN3O2. The number of morpholine rings is 1. The zero-order valence-corrected chi connectivity index (χ0v) is 17.2. The fourth-order valence-corrected chi connectivity index (χ4v) is 2.74. The van der Waals surface area contributed by atoms with Crippen molar-refractivity contribution in [2.75, 3.05) is 26.3 Å². The Bertz CT molecular complexity index is 688. The Morgan fingerprint density at radius 3 is 2.38 bits per heavy atom. The maximum absolute atomic E-state index is 6.07. The van der Waals surface area contributed by atoms with Gasteiger partial charge >= 0.3 is 0 Å². The van der Waals surface area contributed by atoms with E-state index >= 15 is 0 Å². The molecule has 0 bridgehead atoms. The van der Waals surface area contributed by atoms with Crippen LogP contribution in [0.4, 0.5) is 0 Å². The van der Waals surface area contributed by atoms with Crippen LogP contribution in [0.25, 0.3) is 0 Å². The van der Waals surface area contributed by atoms with E-state index in [0.717, 1.165) is 24.2 Å². The van der Waals surface area contributed by atoms with Crippen molar-refractivity contribution in [3.63, 3.8) is 0 Å². The van der Waals surface area contributed by atoms with Gasteiger partial charge in [-0.15, -0.1) is 24.0 Å². The Morgan fingerprint density at radius 2 is 1.62 bits per heavy atom. The van der Waals surface area contributed by atoms with Gasteiger partial charge in [-0.1, -0.05) is 54.6 Å². The lowest BCUT2D eigenvalue weighted by molar-refractivity contribution is 0.0674. The molecule has 1 aliphatic rings. The summed E-state index contributed by atoms with van der Waals surface area (Å²) in [6.07, 6.45) is 0. The molecule has 5 nitrogen and oxygen atoms in total. The van der Waals surface area contributed by atoms with Gasteiger partial charge in [0.05, 0.1) is 33.0 Å². The van der Waals surface area contributed by atoms with Crippen LogP contribution in [0.3, 0.4) is 0 Å². The lowest BCUT2D eigenvalue weighted by atomic mass is 10.1. The molecule has 2 aromatic carbocycles. The van der Waals surface area contributed by atoms with Crippen LogP contribution in [0.2, 0.25) is 0 Å². The third-order valence-corrected chi connectivity index (χ3v) is 4.13. The van der Waals surface area contributed by atoms with Crippen molar-refractivity contribution < 1.29 is 9.47 Å². The largest absolute Gasteiger partial charge is 0.378 e. The number of ether oxygens (including phenoxy) is 2. The number of halogens is 1. The average Bonchev–Trinajstić information content (AvgIpc) is 2.68. The lowest BCUT2D eigenvalue weighted by Crippen LogP contribution is -2.44. The van der Waals surface area contributed by atoms with E-state index in [0.29, 0.717) is 38.9 Å². The first-order valence-corrected chi connectivity index (χ1v) is 8.63. The SMILES string of the molecule is I.NC(=NCc1cccc(COCc2ccccc2)c1)N1CCOCC1. The maximum Gasteiger partial charge on any atom is 0.191 e. The summed E-state index contributed by atoms with van der Waals surface area (Å²) in [5, 5.41) is 0. The molecule has 6 heteroatoms. The van der Waals surface area contributed by atoms with E-state index in [1.54, 1.807) is 0 Å². The molecule has 0 aliphatic carbocycles. The Balaban J connectivity index is 0.00000243. The number of nitrogens with two attached hydrogens (primary N) is 1. The van der Waals surface area contributed by atoms with E-state index in [1.165, 1.54) is 5.56 Å². The van der Waals surface area contributed by atoms with Crippen LogP contribution >= 0.6 is 24.0 Å². The molecular weight excluding hydrogens is 441 g/mol. The van der Waals surface area contributed by atoms with Gasteiger partial charge in [0, 0.05) is 13.1 Å². The van der Waals surface area contributed by atoms with Crippen LogP contribution < -0.4 is 5.73 Å². The molecule has 2 N–H and O–H groups in total. The van der Waals surface area contributed by atoms with Crippen molar-refractivity contribution in [2.45, 2.75) is 19.8 Å². The van der Waals surface area contributed by atoms with E-state index in [4.69, 9.17) is 15.2 Å². The van der Waals surface area contributed by atoms with Gasteiger partial charge in [0.1, 0.15) is 0 Å². The van der Waals surface area contributed by atoms with E-state index < -0.39 is 0 Å². The summed E-state index contributed by atoms with van der Waals surface area (Å²) >= 11 is 0. The van der Waals surface area contributed by atoms with Gasteiger partial charge in [-0.25, -0.2) is 4.99 Å².